The van der Waals surface area contributed by atoms with Crippen molar-refractivity contribution in [2.75, 3.05) is 55.9 Å². The number of carbonyl (C=O) groups is 2. The van der Waals surface area contributed by atoms with Gasteiger partial charge < -0.3 is 34.5 Å². The van der Waals surface area contributed by atoms with Gasteiger partial charge in [-0.05, 0) is 50.9 Å². The normalized spacial score (nSPS) is 17.9. The van der Waals surface area contributed by atoms with E-state index in [1.165, 1.54) is 12.3 Å². The number of aromatic nitrogens is 3. The molecule has 234 valence electrons. The van der Waals surface area contributed by atoms with Gasteiger partial charge in [0.1, 0.15) is 11.3 Å². The van der Waals surface area contributed by atoms with Gasteiger partial charge in [-0.25, -0.2) is 14.8 Å². The van der Waals surface area contributed by atoms with Crippen LogP contribution in [0.25, 0.3) is 22.2 Å². The molecule has 1 amide bonds. The van der Waals surface area contributed by atoms with Crippen LogP contribution in [0.5, 0.6) is 5.75 Å². The molecule has 2 aromatic heterocycles. The molecule has 2 N–H and O–H groups in total. The van der Waals surface area contributed by atoms with Gasteiger partial charge in [-0.2, -0.15) is 0 Å². The summed E-state index contributed by atoms with van der Waals surface area (Å²) in [7, 11) is 5.72. The molecular formula is C34H39N7O4. The quantitative estimate of drug-likeness (QED) is 0.198. The molecule has 2 aliphatic rings. The van der Waals surface area contributed by atoms with Gasteiger partial charge in [-0.3, -0.25) is 4.79 Å². The molecule has 2 aliphatic heterocycles. The van der Waals surface area contributed by atoms with Crippen molar-refractivity contribution >= 4 is 45.8 Å². The van der Waals surface area contributed by atoms with Gasteiger partial charge in [0, 0.05) is 68.2 Å². The summed E-state index contributed by atoms with van der Waals surface area (Å²) in [5.74, 6) is 1.15. The number of benzene rings is 2. The van der Waals surface area contributed by atoms with Crippen LogP contribution >= 0.6 is 0 Å². The Morgan fingerprint density at radius 2 is 1.80 bits per heavy atom. The molecule has 2 unspecified atom stereocenters. The van der Waals surface area contributed by atoms with Crippen molar-refractivity contribution < 1.29 is 19.1 Å². The third-order valence-corrected chi connectivity index (χ3v) is 8.52. The predicted molar refractivity (Wildman–Crippen MR) is 176 cm³/mol. The Morgan fingerprint density at radius 3 is 2.49 bits per heavy atom. The van der Waals surface area contributed by atoms with Crippen LogP contribution in [-0.2, 0) is 16.6 Å². The van der Waals surface area contributed by atoms with Crippen LogP contribution in [0.1, 0.15) is 24.2 Å². The van der Waals surface area contributed by atoms with Crippen molar-refractivity contribution in [3.8, 4) is 17.0 Å². The molecule has 0 bridgehead atoms. The number of nitrogens with one attached hydrogen (secondary N) is 2. The Kier molecular flexibility index (Phi) is 8.20. The molecule has 2 saturated heterocycles. The van der Waals surface area contributed by atoms with E-state index in [1.807, 2.05) is 54.2 Å². The monoisotopic (exact) mass is 609 g/mol. The molecule has 0 spiro atoms. The third kappa shape index (κ3) is 5.95. The lowest BCUT2D eigenvalue weighted by Gasteiger charge is -2.26. The van der Waals surface area contributed by atoms with E-state index in [9.17, 15) is 9.59 Å². The fraction of sp³-hybridized carbons (Fsp3) is 0.353. The van der Waals surface area contributed by atoms with E-state index in [1.54, 1.807) is 21.0 Å². The van der Waals surface area contributed by atoms with Gasteiger partial charge in [0.05, 0.1) is 36.0 Å². The van der Waals surface area contributed by atoms with Gasteiger partial charge >= 0.3 is 5.97 Å². The molecule has 45 heavy (non-hydrogen) atoms. The number of para-hydroxylation sites is 1. The molecule has 4 heterocycles. The molecule has 0 aliphatic carbocycles. The van der Waals surface area contributed by atoms with Crippen molar-refractivity contribution in [1.82, 2.24) is 19.4 Å². The Balaban J connectivity index is 1.40. The average Bonchev–Trinajstić information content (AvgIpc) is 3.67. The Labute approximate surface area is 262 Å². The van der Waals surface area contributed by atoms with Crippen molar-refractivity contribution in [3.63, 3.8) is 0 Å². The van der Waals surface area contributed by atoms with Gasteiger partial charge in [0.2, 0.25) is 11.9 Å². The maximum atomic E-state index is 13.2. The zero-order chi connectivity index (χ0) is 31.8. The van der Waals surface area contributed by atoms with E-state index in [4.69, 9.17) is 14.5 Å². The molecule has 4 aromatic rings. The van der Waals surface area contributed by atoms with Crippen LogP contribution in [0.3, 0.4) is 0 Å². The number of esters is 1. The van der Waals surface area contributed by atoms with Crippen molar-refractivity contribution in [1.29, 1.82) is 0 Å². The zero-order valence-corrected chi connectivity index (χ0v) is 26.3. The second kappa shape index (κ2) is 12.2. The summed E-state index contributed by atoms with van der Waals surface area (Å²) < 4.78 is 13.4. The predicted octanol–water partition coefficient (Wildman–Crippen LogP) is 5.08. The van der Waals surface area contributed by atoms with Crippen LogP contribution in [0, 0.1) is 11.8 Å². The minimum atomic E-state index is -0.502. The van der Waals surface area contributed by atoms with Crippen molar-refractivity contribution in [2.24, 2.45) is 18.9 Å². The molecule has 2 fully saturated rings. The van der Waals surface area contributed by atoms with E-state index < -0.39 is 5.97 Å². The maximum absolute atomic E-state index is 13.2. The van der Waals surface area contributed by atoms with Crippen molar-refractivity contribution in [3.05, 3.63) is 67.0 Å². The van der Waals surface area contributed by atoms with Gasteiger partial charge in [0.25, 0.3) is 0 Å². The number of amides is 1. The molecule has 11 nitrogen and oxygen atoms in total. The third-order valence-electron chi connectivity index (χ3n) is 8.52. The fourth-order valence-electron chi connectivity index (χ4n) is 6.53. The highest BCUT2D eigenvalue weighted by Crippen LogP contribution is 2.42. The Hall–Kier alpha value is -4.90. The Morgan fingerprint density at radius 1 is 1.07 bits per heavy atom. The minimum absolute atomic E-state index is 0.254. The molecule has 0 radical (unpaired) electrons. The number of rotatable bonds is 9. The number of nitrogens with zero attached hydrogens (tertiary/aromatic N) is 5. The number of ether oxygens (including phenoxy) is 2. The first-order chi connectivity index (χ1) is 21.6. The van der Waals surface area contributed by atoms with E-state index in [2.05, 4.69) is 39.0 Å². The van der Waals surface area contributed by atoms with Crippen molar-refractivity contribution in [2.45, 2.75) is 20.0 Å². The molecule has 0 saturated carbocycles. The summed E-state index contributed by atoms with van der Waals surface area (Å²) in [4.78, 5) is 39.7. The highest BCUT2D eigenvalue weighted by Gasteiger charge is 2.39. The summed E-state index contributed by atoms with van der Waals surface area (Å²) in [5.41, 5.74) is 4.55. The number of hydrogen-bond acceptors (Lipinski definition) is 9. The van der Waals surface area contributed by atoms with Crippen LogP contribution in [0.2, 0.25) is 0 Å². The number of carbonyl (C=O) groups excluding carboxylic acids is 2. The highest BCUT2D eigenvalue weighted by atomic mass is 16.5. The number of anilines is 4. The first-order valence-electron chi connectivity index (χ1n) is 15.1. The smallest absolute Gasteiger partial charge is 0.342 e. The zero-order valence-electron chi connectivity index (χ0n) is 26.3. The number of likely N-dealkylation sites (tertiary alicyclic amines) is 1. The van der Waals surface area contributed by atoms with Crippen LogP contribution in [-0.4, -0.2) is 77.8 Å². The lowest BCUT2D eigenvalue weighted by Crippen LogP contribution is -2.27. The summed E-state index contributed by atoms with van der Waals surface area (Å²) in [6, 6.07) is 11.7. The molecule has 2 atom stereocenters. The Bertz CT molecular complexity index is 1770. The van der Waals surface area contributed by atoms with E-state index in [-0.39, 0.29) is 23.5 Å². The fourth-order valence-corrected chi connectivity index (χ4v) is 6.53. The SMILES string of the molecule is C=CC(=O)Nc1cc(Nc2ncc(C(=O)OC(C)C)c(-c3cn(C)c4ccccc34)n2)c(OC)cc1N1CC2CN(C)CC2C1. The van der Waals surface area contributed by atoms with Crippen LogP contribution in [0.4, 0.5) is 23.0 Å². The largest absolute Gasteiger partial charge is 0.494 e. The van der Waals surface area contributed by atoms with Gasteiger partial charge in [-0.15, -0.1) is 0 Å². The molecule has 11 heteroatoms. The van der Waals surface area contributed by atoms with E-state index in [0.717, 1.165) is 48.3 Å². The highest BCUT2D eigenvalue weighted by molar-refractivity contribution is 6.04. The summed E-state index contributed by atoms with van der Waals surface area (Å²) in [5, 5.41) is 7.21. The first-order valence-corrected chi connectivity index (χ1v) is 15.1. The number of methoxy groups -OCH3 is 1. The summed E-state index contributed by atoms with van der Waals surface area (Å²) in [6.07, 6.45) is 4.38. The molecule has 2 aromatic carbocycles. The number of fused-ring (bicyclic) bond motifs is 2. The standard InChI is InChI=1S/C34H39N7O4/c1-7-31(42)36-26-12-27(30(44-6)13-29(26)41-17-21-15-39(4)16-22(21)18-41)37-34-35-14-24(33(43)45-20(2)3)32(38-34)25-19-40(5)28-11-9-8-10-23(25)28/h7-14,19-22H,1,15-18H2,2-6H3,(H,36,42)(H,35,37,38). The number of aryl methyl sites for hydroxylation is 1. The second-order valence-electron chi connectivity index (χ2n) is 12.1. The average molecular weight is 610 g/mol. The van der Waals surface area contributed by atoms with Crippen LogP contribution < -0.4 is 20.3 Å². The molecule has 6 rings (SSSR count). The lowest BCUT2D eigenvalue weighted by atomic mass is 10.0. The summed E-state index contributed by atoms with van der Waals surface area (Å²) in [6.45, 7) is 11.2. The topological polar surface area (TPSA) is 114 Å². The van der Waals surface area contributed by atoms with E-state index in [0.29, 0.717) is 34.7 Å². The number of hydrogen-bond donors (Lipinski definition) is 2. The molecular weight excluding hydrogens is 570 g/mol. The van der Waals surface area contributed by atoms with Gasteiger partial charge in [-0.1, -0.05) is 24.8 Å². The second-order valence-corrected chi connectivity index (χ2v) is 12.1. The minimum Gasteiger partial charge on any atom is -0.494 e. The lowest BCUT2D eigenvalue weighted by molar-refractivity contribution is -0.111. The maximum Gasteiger partial charge on any atom is 0.342 e. The van der Waals surface area contributed by atoms with Crippen LogP contribution in [0.15, 0.2) is 61.4 Å². The summed E-state index contributed by atoms with van der Waals surface area (Å²) >= 11 is 0. The van der Waals surface area contributed by atoms with E-state index >= 15 is 0 Å². The first kappa shape index (κ1) is 30.1. The van der Waals surface area contributed by atoms with Gasteiger partial charge in [0.15, 0.2) is 0 Å².